The highest BCUT2D eigenvalue weighted by molar-refractivity contribution is 8.00. The lowest BCUT2D eigenvalue weighted by Gasteiger charge is -2.05. The van der Waals surface area contributed by atoms with Gasteiger partial charge in [0.05, 0.1) is 10.6 Å². The van der Waals surface area contributed by atoms with Crippen LogP contribution >= 0.6 is 23.1 Å². The first kappa shape index (κ1) is 15.1. The Labute approximate surface area is 137 Å². The molecule has 5 nitrogen and oxygen atoms in total. The minimum atomic E-state index is 0.738. The Morgan fingerprint density at radius 2 is 2.09 bits per heavy atom. The molecular weight excluding hydrogens is 316 g/mol. The van der Waals surface area contributed by atoms with Crippen LogP contribution in [0.4, 0.5) is 0 Å². The van der Waals surface area contributed by atoms with Crippen LogP contribution in [0.3, 0.4) is 0 Å². The Balaban J connectivity index is 1.83. The van der Waals surface area contributed by atoms with Crippen LogP contribution in [0.1, 0.15) is 16.1 Å². The lowest BCUT2D eigenvalue weighted by molar-refractivity contribution is 0.213. The maximum atomic E-state index is 5.02. The predicted molar refractivity (Wildman–Crippen MR) is 91.1 cm³/mol. The van der Waals surface area contributed by atoms with Crippen LogP contribution in [0.15, 0.2) is 40.6 Å². The van der Waals surface area contributed by atoms with Gasteiger partial charge < -0.3 is 4.84 Å². The second kappa shape index (κ2) is 6.50. The maximum Gasteiger partial charge on any atom is 0.212 e. The third-order valence-electron chi connectivity index (χ3n) is 3.22. The minimum absolute atomic E-state index is 0.738. The van der Waals surface area contributed by atoms with E-state index >= 15 is 0 Å². The summed E-state index contributed by atoms with van der Waals surface area (Å²) >= 11 is 3.32. The van der Waals surface area contributed by atoms with Crippen LogP contribution in [-0.4, -0.2) is 33.2 Å². The monoisotopic (exact) mass is 332 g/mol. The Morgan fingerprint density at radius 1 is 1.32 bits per heavy atom. The van der Waals surface area contributed by atoms with Gasteiger partial charge in [-0.05, 0) is 26.0 Å². The van der Waals surface area contributed by atoms with E-state index in [1.54, 1.807) is 36.5 Å². The molecule has 0 saturated heterocycles. The molecule has 0 aliphatic heterocycles. The molecule has 0 spiro atoms. The molecule has 0 aliphatic carbocycles. The largest absolute Gasteiger partial charge is 0.399 e. The zero-order chi connectivity index (χ0) is 15.5. The van der Waals surface area contributed by atoms with E-state index in [1.165, 1.54) is 10.5 Å². The van der Waals surface area contributed by atoms with Crippen LogP contribution in [0.25, 0.3) is 4.96 Å². The van der Waals surface area contributed by atoms with Gasteiger partial charge in [0.1, 0.15) is 19.1 Å². The van der Waals surface area contributed by atoms with Crippen LogP contribution < -0.4 is 0 Å². The molecule has 3 aromatic rings. The van der Waals surface area contributed by atoms with Gasteiger partial charge in [-0.3, -0.25) is 0 Å². The van der Waals surface area contributed by atoms with Crippen LogP contribution in [-0.2, 0) is 4.84 Å². The number of nitrogens with zero attached hydrogens (tertiary/aromatic N) is 4. The fourth-order valence-corrected chi connectivity index (χ4v) is 4.02. The summed E-state index contributed by atoms with van der Waals surface area (Å²) in [6, 6.07) is 8.48. The van der Waals surface area contributed by atoms with Gasteiger partial charge in [0.15, 0.2) is 0 Å². The van der Waals surface area contributed by atoms with Crippen molar-refractivity contribution in [3.05, 3.63) is 46.7 Å². The second-order valence-electron chi connectivity index (χ2n) is 4.79. The fraction of sp³-hybridized carbons (Fsp3) is 0.267. The molecule has 114 valence electrons. The number of aromatic nitrogens is 3. The van der Waals surface area contributed by atoms with Crippen LogP contribution in [0, 0.1) is 13.8 Å². The Hall–Kier alpha value is -1.86. The molecule has 0 bridgehead atoms. The molecule has 7 heteroatoms. The first-order valence-corrected chi connectivity index (χ1v) is 8.58. The van der Waals surface area contributed by atoms with Crippen LogP contribution in [0.5, 0.6) is 0 Å². The van der Waals surface area contributed by atoms with E-state index in [4.69, 9.17) is 4.84 Å². The quantitative estimate of drug-likeness (QED) is 0.407. The van der Waals surface area contributed by atoms with E-state index < -0.39 is 0 Å². The average Bonchev–Trinajstić information content (AvgIpc) is 3.09. The zero-order valence-electron chi connectivity index (χ0n) is 12.6. The number of thioether (sulfide) groups is 1. The first-order valence-electron chi connectivity index (χ1n) is 6.78. The molecule has 0 saturated carbocycles. The summed E-state index contributed by atoms with van der Waals surface area (Å²) < 4.78 is 1.84. The molecule has 0 aliphatic rings. The molecule has 22 heavy (non-hydrogen) atoms. The van der Waals surface area contributed by atoms with Gasteiger partial charge in [-0.1, -0.05) is 34.2 Å². The summed E-state index contributed by atoms with van der Waals surface area (Å²) in [4.78, 5) is 12.4. The highest BCUT2D eigenvalue weighted by Gasteiger charge is 2.16. The highest BCUT2D eigenvalue weighted by Crippen LogP contribution is 2.25. The molecule has 0 amide bonds. The van der Waals surface area contributed by atoms with Gasteiger partial charge in [0.25, 0.3) is 0 Å². The van der Waals surface area contributed by atoms with E-state index in [2.05, 4.69) is 46.4 Å². The third kappa shape index (κ3) is 3.00. The van der Waals surface area contributed by atoms with Gasteiger partial charge in [0, 0.05) is 10.6 Å². The van der Waals surface area contributed by atoms with E-state index in [9.17, 15) is 0 Å². The number of fused-ring (bicyclic) bond motifs is 1. The molecular formula is C15H16N4OS2. The van der Waals surface area contributed by atoms with Crippen molar-refractivity contribution in [2.75, 3.05) is 12.9 Å². The van der Waals surface area contributed by atoms with Gasteiger partial charge in [0.2, 0.25) is 4.96 Å². The molecule has 2 aromatic heterocycles. The number of rotatable bonds is 5. The van der Waals surface area contributed by atoms with Crippen molar-refractivity contribution in [1.29, 1.82) is 0 Å². The van der Waals surface area contributed by atoms with E-state index in [1.807, 2.05) is 11.4 Å². The summed E-state index contributed by atoms with van der Waals surface area (Å²) in [5.41, 5.74) is 3.21. The highest BCUT2D eigenvalue weighted by atomic mass is 32.2. The number of hydrogen-bond donors (Lipinski definition) is 0. The molecule has 0 fully saturated rings. The molecule has 1 aromatic carbocycles. The topological polar surface area (TPSA) is 51.8 Å². The van der Waals surface area contributed by atoms with Crippen molar-refractivity contribution in [1.82, 2.24) is 14.6 Å². The first-order chi connectivity index (χ1) is 10.7. The number of aryl methyl sites for hydroxylation is 2. The second-order valence-corrected chi connectivity index (χ2v) is 6.82. The fourth-order valence-electron chi connectivity index (χ4n) is 2.09. The van der Waals surface area contributed by atoms with Crippen molar-refractivity contribution >= 4 is 33.8 Å². The number of thiazole rings is 1. The summed E-state index contributed by atoms with van der Waals surface area (Å²) in [5, 5.41) is 8.42. The summed E-state index contributed by atoms with van der Waals surface area (Å²) in [6.45, 7) is 4.11. The molecule has 0 radical (unpaired) electrons. The number of oxime groups is 1. The lowest BCUT2D eigenvalue weighted by atomic mass is 10.2. The van der Waals surface area contributed by atoms with E-state index in [-0.39, 0.29) is 0 Å². The van der Waals surface area contributed by atoms with E-state index in [0.717, 1.165) is 27.0 Å². The maximum absolute atomic E-state index is 5.02. The lowest BCUT2D eigenvalue weighted by Crippen LogP contribution is -2.06. The Bertz CT molecular complexity index is 805. The molecule has 0 N–H and O–H groups in total. The van der Waals surface area contributed by atoms with E-state index in [0.29, 0.717) is 0 Å². The molecule has 0 unspecified atom stereocenters. The van der Waals surface area contributed by atoms with Crippen molar-refractivity contribution in [2.24, 2.45) is 5.16 Å². The Kier molecular flexibility index (Phi) is 4.44. The minimum Gasteiger partial charge on any atom is -0.399 e. The SMILES string of the molecule is CO/N=C(/CSc1ccc(C)cc1)c1sc2ncnn2c1C. The average molecular weight is 332 g/mol. The summed E-state index contributed by atoms with van der Waals surface area (Å²) in [5.74, 6) is 0.738. The molecule has 3 rings (SSSR count). The van der Waals surface area contributed by atoms with Gasteiger partial charge in [-0.15, -0.1) is 11.8 Å². The molecule has 0 atom stereocenters. The molecule has 2 heterocycles. The normalized spacial score (nSPS) is 12.0. The summed E-state index contributed by atoms with van der Waals surface area (Å²) in [7, 11) is 1.57. The van der Waals surface area contributed by atoms with Crippen molar-refractivity contribution in [3.63, 3.8) is 0 Å². The zero-order valence-corrected chi connectivity index (χ0v) is 14.2. The van der Waals surface area contributed by atoms with Gasteiger partial charge in [-0.25, -0.2) is 9.50 Å². The Morgan fingerprint density at radius 3 is 2.77 bits per heavy atom. The predicted octanol–water partition coefficient (Wildman–Crippen LogP) is 3.55. The summed E-state index contributed by atoms with van der Waals surface area (Å²) in [6.07, 6.45) is 1.57. The van der Waals surface area contributed by atoms with Gasteiger partial charge in [-0.2, -0.15) is 5.10 Å². The number of benzene rings is 1. The van der Waals surface area contributed by atoms with Crippen LogP contribution in [0.2, 0.25) is 0 Å². The third-order valence-corrected chi connectivity index (χ3v) is 5.44. The number of hydrogen-bond acceptors (Lipinski definition) is 6. The van der Waals surface area contributed by atoms with Crippen molar-refractivity contribution in [2.45, 2.75) is 18.7 Å². The smallest absolute Gasteiger partial charge is 0.212 e. The van der Waals surface area contributed by atoms with Crippen molar-refractivity contribution in [3.8, 4) is 0 Å². The van der Waals surface area contributed by atoms with Gasteiger partial charge >= 0.3 is 0 Å². The standard InChI is InChI=1S/C15H16N4OS2/c1-10-4-6-12(7-5-10)21-8-13(18-20-3)14-11(2)19-15(22-14)16-9-17-19/h4-7,9H,8H2,1-3H3/b18-13-. The van der Waals surface area contributed by atoms with Crippen molar-refractivity contribution < 1.29 is 4.84 Å².